The Hall–Kier alpha value is -0.480. The van der Waals surface area contributed by atoms with Gasteiger partial charge < -0.3 is 5.73 Å². The van der Waals surface area contributed by atoms with Crippen LogP contribution in [-0.2, 0) is 26.4 Å². The van der Waals surface area contributed by atoms with Crippen molar-refractivity contribution >= 4 is 35.8 Å². The first kappa shape index (κ1) is 16.9. The quantitative estimate of drug-likeness (QED) is 0.811. The van der Waals surface area contributed by atoms with Gasteiger partial charge in [0.2, 0.25) is 10.0 Å². The van der Waals surface area contributed by atoms with E-state index in [4.69, 9.17) is 5.73 Å². The molecule has 1 heterocycles. The molecule has 2 rings (SSSR count). The molecule has 2 N–H and O–H groups in total. The summed E-state index contributed by atoms with van der Waals surface area (Å²) in [6, 6.07) is 4.32. The highest BCUT2D eigenvalue weighted by Gasteiger charge is 2.37. The minimum Gasteiger partial charge on any atom is -0.326 e. The third kappa shape index (κ3) is 3.48. The lowest BCUT2D eigenvalue weighted by Crippen LogP contribution is -2.49. The number of hydrogen-bond acceptors (Lipinski definition) is 5. The molecule has 1 atom stereocenters. The van der Waals surface area contributed by atoms with Gasteiger partial charge in [-0.2, -0.15) is 4.31 Å². The number of halogens is 1. The van der Waals surface area contributed by atoms with Gasteiger partial charge in [-0.3, -0.25) is 0 Å². The molecule has 1 aromatic rings. The molecule has 21 heavy (non-hydrogen) atoms. The molecule has 0 saturated carbocycles. The highest BCUT2D eigenvalue weighted by Crippen LogP contribution is 2.29. The van der Waals surface area contributed by atoms with Gasteiger partial charge in [-0.05, 0) is 40.5 Å². The highest BCUT2D eigenvalue weighted by molar-refractivity contribution is 9.10. The Morgan fingerprint density at radius 1 is 1.43 bits per heavy atom. The topological polar surface area (TPSA) is 97.5 Å². The van der Waals surface area contributed by atoms with E-state index in [-0.39, 0.29) is 29.5 Å². The van der Waals surface area contributed by atoms with Gasteiger partial charge in [0, 0.05) is 23.6 Å². The first-order chi connectivity index (χ1) is 9.67. The van der Waals surface area contributed by atoms with Crippen LogP contribution in [0, 0.1) is 0 Å². The van der Waals surface area contributed by atoms with Gasteiger partial charge in [0.05, 0.1) is 16.4 Å². The van der Waals surface area contributed by atoms with Crippen LogP contribution in [0.4, 0.5) is 0 Å². The van der Waals surface area contributed by atoms with Crippen molar-refractivity contribution in [2.24, 2.45) is 5.73 Å². The van der Waals surface area contributed by atoms with Gasteiger partial charge >= 0.3 is 0 Å². The van der Waals surface area contributed by atoms with E-state index in [0.29, 0.717) is 10.0 Å². The standard InChI is InChI=1S/C12H17BrN2O4S2/c1-9-8-20(16,17)5-4-15(9)21(18,19)12-6-10(7-14)2-3-11(12)13/h2-3,6,9H,4-5,7-8,14H2,1H3. The Labute approximate surface area is 133 Å². The van der Waals surface area contributed by atoms with E-state index in [1.165, 1.54) is 10.4 Å². The van der Waals surface area contributed by atoms with Gasteiger partial charge in [0.15, 0.2) is 9.84 Å². The van der Waals surface area contributed by atoms with Crippen LogP contribution in [-0.4, -0.2) is 45.2 Å². The molecule has 1 unspecified atom stereocenters. The molecule has 0 aromatic heterocycles. The maximum absolute atomic E-state index is 12.8. The second-order valence-electron chi connectivity index (χ2n) is 5.05. The van der Waals surface area contributed by atoms with Crippen molar-refractivity contribution in [3.63, 3.8) is 0 Å². The monoisotopic (exact) mass is 396 g/mol. The maximum Gasteiger partial charge on any atom is 0.244 e. The molecule has 1 aliphatic heterocycles. The van der Waals surface area contributed by atoms with E-state index in [2.05, 4.69) is 15.9 Å². The molecule has 1 saturated heterocycles. The van der Waals surface area contributed by atoms with Gasteiger partial charge in [-0.1, -0.05) is 6.07 Å². The van der Waals surface area contributed by atoms with E-state index in [9.17, 15) is 16.8 Å². The lowest BCUT2D eigenvalue weighted by atomic mass is 10.2. The van der Waals surface area contributed by atoms with Crippen molar-refractivity contribution in [2.75, 3.05) is 18.1 Å². The molecule has 1 fully saturated rings. The lowest BCUT2D eigenvalue weighted by molar-refractivity contribution is 0.356. The summed E-state index contributed by atoms with van der Waals surface area (Å²) in [5.41, 5.74) is 6.25. The van der Waals surface area contributed by atoms with Crippen LogP contribution in [0.3, 0.4) is 0 Å². The van der Waals surface area contributed by atoms with Crippen molar-refractivity contribution in [2.45, 2.75) is 24.4 Å². The maximum atomic E-state index is 12.8. The summed E-state index contributed by atoms with van der Waals surface area (Å²) in [5.74, 6) is -0.300. The van der Waals surface area contributed by atoms with Crippen LogP contribution < -0.4 is 5.73 Å². The van der Waals surface area contributed by atoms with Crippen molar-refractivity contribution in [3.8, 4) is 0 Å². The van der Waals surface area contributed by atoms with Gasteiger partial charge in [0.25, 0.3) is 0 Å². The van der Waals surface area contributed by atoms with E-state index < -0.39 is 25.9 Å². The zero-order valence-corrected chi connectivity index (χ0v) is 14.7. The van der Waals surface area contributed by atoms with Crippen LogP contribution >= 0.6 is 15.9 Å². The number of nitrogens with zero attached hydrogens (tertiary/aromatic N) is 1. The number of sulfone groups is 1. The number of hydrogen-bond donors (Lipinski definition) is 1. The van der Waals surface area contributed by atoms with E-state index in [0.717, 1.165) is 0 Å². The smallest absolute Gasteiger partial charge is 0.244 e. The van der Waals surface area contributed by atoms with Gasteiger partial charge in [0.1, 0.15) is 0 Å². The van der Waals surface area contributed by atoms with Crippen LogP contribution in [0.1, 0.15) is 12.5 Å². The molecule has 9 heteroatoms. The van der Waals surface area contributed by atoms with Crippen LogP contribution in [0.25, 0.3) is 0 Å². The summed E-state index contributed by atoms with van der Waals surface area (Å²) >= 11 is 3.24. The predicted molar refractivity (Wildman–Crippen MR) is 84.0 cm³/mol. The molecular weight excluding hydrogens is 380 g/mol. The van der Waals surface area contributed by atoms with Gasteiger partial charge in [-0.25, -0.2) is 16.8 Å². The molecule has 6 nitrogen and oxygen atoms in total. The Balaban J connectivity index is 2.43. The normalized spacial score (nSPS) is 23.1. The summed E-state index contributed by atoms with van der Waals surface area (Å²) < 4.78 is 50.4. The number of benzene rings is 1. The summed E-state index contributed by atoms with van der Waals surface area (Å²) in [6.45, 7) is 1.82. The fourth-order valence-electron chi connectivity index (χ4n) is 2.34. The van der Waals surface area contributed by atoms with Crippen LogP contribution in [0.2, 0.25) is 0 Å². The van der Waals surface area contributed by atoms with Crippen molar-refractivity contribution in [3.05, 3.63) is 28.2 Å². The molecule has 1 aromatic carbocycles. The summed E-state index contributed by atoms with van der Waals surface area (Å²) in [4.78, 5) is 0.122. The summed E-state index contributed by atoms with van der Waals surface area (Å²) in [5, 5.41) is 0. The fourth-order valence-corrected chi connectivity index (χ4v) is 6.71. The Morgan fingerprint density at radius 2 is 2.10 bits per heavy atom. The Bertz CT molecular complexity index is 747. The average Bonchev–Trinajstić information content (AvgIpc) is 2.37. The van der Waals surface area contributed by atoms with Crippen molar-refractivity contribution in [1.29, 1.82) is 0 Å². The van der Waals surface area contributed by atoms with Crippen LogP contribution in [0.15, 0.2) is 27.6 Å². The van der Waals surface area contributed by atoms with Crippen molar-refractivity contribution < 1.29 is 16.8 Å². The lowest BCUT2D eigenvalue weighted by Gasteiger charge is -2.32. The zero-order valence-electron chi connectivity index (χ0n) is 11.5. The molecule has 0 aliphatic carbocycles. The second-order valence-corrected chi connectivity index (χ2v) is 9.99. The van der Waals surface area contributed by atoms with E-state index >= 15 is 0 Å². The first-order valence-corrected chi connectivity index (χ1v) is 10.4. The third-order valence-corrected chi connectivity index (χ3v) is 8.23. The van der Waals surface area contributed by atoms with Gasteiger partial charge in [-0.15, -0.1) is 0 Å². The third-order valence-electron chi connectivity index (χ3n) is 3.43. The Kier molecular flexibility index (Phi) is 4.79. The highest BCUT2D eigenvalue weighted by atomic mass is 79.9. The number of nitrogens with two attached hydrogens (primary N) is 1. The Morgan fingerprint density at radius 3 is 2.67 bits per heavy atom. The molecule has 1 aliphatic rings. The average molecular weight is 397 g/mol. The summed E-state index contributed by atoms with van der Waals surface area (Å²) in [7, 11) is -6.93. The predicted octanol–water partition coefficient (Wildman–Crippen LogP) is 0.715. The van der Waals surface area contributed by atoms with E-state index in [1.54, 1.807) is 19.1 Å². The largest absolute Gasteiger partial charge is 0.326 e. The molecular formula is C12H17BrN2O4S2. The van der Waals surface area contributed by atoms with Crippen LogP contribution in [0.5, 0.6) is 0 Å². The molecule has 0 amide bonds. The SMILES string of the molecule is CC1CS(=O)(=O)CCN1S(=O)(=O)c1cc(CN)ccc1Br. The minimum atomic E-state index is -3.76. The fraction of sp³-hybridized carbons (Fsp3) is 0.500. The van der Waals surface area contributed by atoms with Crippen molar-refractivity contribution in [1.82, 2.24) is 4.31 Å². The molecule has 118 valence electrons. The summed E-state index contributed by atoms with van der Waals surface area (Å²) in [6.07, 6.45) is 0. The molecule has 0 spiro atoms. The molecule has 0 radical (unpaired) electrons. The molecule has 0 bridgehead atoms. The second kappa shape index (κ2) is 5.96. The zero-order chi connectivity index (χ0) is 15.8. The minimum absolute atomic E-state index is 0.0227. The number of rotatable bonds is 3. The van der Waals surface area contributed by atoms with E-state index in [1.807, 2.05) is 0 Å². The first-order valence-electron chi connectivity index (χ1n) is 6.38. The number of sulfonamides is 1.